The predicted octanol–water partition coefficient (Wildman–Crippen LogP) is 1.85. The highest BCUT2D eigenvalue weighted by Crippen LogP contribution is 2.30. The molecule has 0 bridgehead atoms. The summed E-state index contributed by atoms with van der Waals surface area (Å²) in [6, 6.07) is 6.54. The molecule has 0 spiro atoms. The summed E-state index contributed by atoms with van der Waals surface area (Å²) in [5.41, 5.74) is 7.35. The molecule has 1 aromatic carbocycles. The molecular weight excluding hydrogens is 188 g/mol. The molecule has 0 saturated carbocycles. The van der Waals surface area contributed by atoms with Crippen LogP contribution in [0.3, 0.4) is 0 Å². The van der Waals surface area contributed by atoms with Gasteiger partial charge in [-0.05, 0) is 11.1 Å². The van der Waals surface area contributed by atoms with Crippen LogP contribution in [-0.4, -0.2) is 12.5 Å². The van der Waals surface area contributed by atoms with Crippen LogP contribution in [0.15, 0.2) is 24.3 Å². The standard InChI is InChI=1S/C10H11F2NO/c11-10(12)9-8(13)7-4-2-1-3-6(7)5-14-9/h1-4,8-10H,5,13H2/t8?,9-/m0/s1. The number of halogens is 2. The lowest BCUT2D eigenvalue weighted by Crippen LogP contribution is -2.38. The predicted molar refractivity (Wildman–Crippen MR) is 48.0 cm³/mol. The maximum atomic E-state index is 12.5. The Hall–Kier alpha value is -1.00. The van der Waals surface area contributed by atoms with Crippen molar-refractivity contribution in [1.29, 1.82) is 0 Å². The molecule has 1 aliphatic rings. The molecule has 1 aliphatic heterocycles. The molecule has 0 saturated heterocycles. The fourth-order valence-corrected chi connectivity index (χ4v) is 1.69. The van der Waals surface area contributed by atoms with Gasteiger partial charge in [0.15, 0.2) is 0 Å². The SMILES string of the molecule is NC1c2ccccc2CO[C@@H]1C(F)F. The molecule has 1 aromatic rings. The van der Waals surface area contributed by atoms with E-state index in [0.717, 1.165) is 11.1 Å². The highest BCUT2D eigenvalue weighted by Gasteiger charge is 2.33. The largest absolute Gasteiger partial charge is 0.366 e. The molecule has 0 fully saturated rings. The van der Waals surface area contributed by atoms with Gasteiger partial charge in [0, 0.05) is 0 Å². The molecule has 14 heavy (non-hydrogen) atoms. The monoisotopic (exact) mass is 199 g/mol. The molecule has 4 heteroatoms. The van der Waals surface area contributed by atoms with Gasteiger partial charge in [-0.1, -0.05) is 24.3 Å². The highest BCUT2D eigenvalue weighted by atomic mass is 19.3. The first-order valence-corrected chi connectivity index (χ1v) is 4.43. The molecule has 0 aliphatic carbocycles. The zero-order valence-electron chi connectivity index (χ0n) is 7.49. The number of hydrogen-bond donors (Lipinski definition) is 1. The Morgan fingerprint density at radius 2 is 2.07 bits per heavy atom. The third kappa shape index (κ3) is 1.51. The Morgan fingerprint density at radius 1 is 1.36 bits per heavy atom. The summed E-state index contributed by atoms with van der Waals surface area (Å²) in [6.07, 6.45) is -3.71. The van der Waals surface area contributed by atoms with Gasteiger partial charge in [0.1, 0.15) is 6.10 Å². The second-order valence-electron chi connectivity index (χ2n) is 3.33. The van der Waals surface area contributed by atoms with E-state index in [-0.39, 0.29) is 6.61 Å². The van der Waals surface area contributed by atoms with Crippen molar-refractivity contribution in [3.05, 3.63) is 35.4 Å². The van der Waals surface area contributed by atoms with E-state index < -0.39 is 18.6 Å². The third-order valence-corrected chi connectivity index (χ3v) is 2.45. The van der Waals surface area contributed by atoms with E-state index >= 15 is 0 Å². The van der Waals surface area contributed by atoms with Crippen molar-refractivity contribution >= 4 is 0 Å². The van der Waals surface area contributed by atoms with Crippen molar-refractivity contribution in [2.75, 3.05) is 0 Å². The Bertz CT molecular complexity index is 330. The average Bonchev–Trinajstić information content (AvgIpc) is 2.18. The highest BCUT2D eigenvalue weighted by molar-refractivity contribution is 5.31. The molecular formula is C10H11F2NO. The van der Waals surface area contributed by atoms with E-state index in [4.69, 9.17) is 10.5 Å². The summed E-state index contributed by atoms with van der Waals surface area (Å²) in [5.74, 6) is 0. The lowest BCUT2D eigenvalue weighted by molar-refractivity contribution is -0.0850. The fraction of sp³-hybridized carbons (Fsp3) is 0.400. The maximum Gasteiger partial charge on any atom is 0.266 e. The Balaban J connectivity index is 2.31. The molecule has 0 radical (unpaired) electrons. The number of hydrogen-bond acceptors (Lipinski definition) is 2. The van der Waals surface area contributed by atoms with Crippen molar-refractivity contribution in [1.82, 2.24) is 0 Å². The molecule has 0 amide bonds. The number of fused-ring (bicyclic) bond motifs is 1. The molecule has 2 N–H and O–H groups in total. The van der Waals surface area contributed by atoms with E-state index in [0.29, 0.717) is 0 Å². The van der Waals surface area contributed by atoms with Crippen LogP contribution >= 0.6 is 0 Å². The number of benzene rings is 1. The van der Waals surface area contributed by atoms with E-state index in [2.05, 4.69) is 0 Å². The minimum atomic E-state index is -2.53. The van der Waals surface area contributed by atoms with Crippen molar-refractivity contribution in [2.45, 2.75) is 25.2 Å². The van der Waals surface area contributed by atoms with Gasteiger partial charge < -0.3 is 10.5 Å². The first-order valence-electron chi connectivity index (χ1n) is 4.43. The summed E-state index contributed by atoms with van der Waals surface area (Å²) in [7, 11) is 0. The minimum absolute atomic E-state index is 0.221. The van der Waals surface area contributed by atoms with E-state index in [1.165, 1.54) is 0 Å². The molecule has 0 aromatic heterocycles. The van der Waals surface area contributed by atoms with Crippen LogP contribution < -0.4 is 5.73 Å². The average molecular weight is 199 g/mol. The van der Waals surface area contributed by atoms with Gasteiger partial charge in [-0.3, -0.25) is 0 Å². The molecule has 2 rings (SSSR count). The Morgan fingerprint density at radius 3 is 2.79 bits per heavy atom. The summed E-state index contributed by atoms with van der Waals surface area (Å²) in [4.78, 5) is 0. The summed E-state index contributed by atoms with van der Waals surface area (Å²) < 4.78 is 29.9. The van der Waals surface area contributed by atoms with Gasteiger partial charge in [-0.2, -0.15) is 0 Å². The molecule has 1 heterocycles. The lowest BCUT2D eigenvalue weighted by atomic mass is 9.95. The lowest BCUT2D eigenvalue weighted by Gasteiger charge is -2.30. The number of ether oxygens (including phenoxy) is 1. The summed E-state index contributed by atoms with van der Waals surface area (Å²) in [6.45, 7) is 0.221. The second-order valence-corrected chi connectivity index (χ2v) is 3.33. The molecule has 2 nitrogen and oxygen atoms in total. The van der Waals surface area contributed by atoms with Crippen molar-refractivity contribution in [3.63, 3.8) is 0 Å². The van der Waals surface area contributed by atoms with E-state index in [1.807, 2.05) is 12.1 Å². The molecule has 2 atom stereocenters. The smallest absolute Gasteiger partial charge is 0.266 e. The van der Waals surface area contributed by atoms with Crippen molar-refractivity contribution in [2.24, 2.45) is 5.73 Å². The number of nitrogens with two attached hydrogens (primary N) is 1. The molecule has 1 unspecified atom stereocenters. The zero-order chi connectivity index (χ0) is 10.1. The first-order chi connectivity index (χ1) is 6.70. The number of alkyl halides is 2. The Labute approximate surface area is 80.7 Å². The minimum Gasteiger partial charge on any atom is -0.366 e. The van der Waals surface area contributed by atoms with Gasteiger partial charge in [0.25, 0.3) is 6.43 Å². The van der Waals surface area contributed by atoms with Crippen LogP contribution in [0.2, 0.25) is 0 Å². The van der Waals surface area contributed by atoms with Crippen LogP contribution in [-0.2, 0) is 11.3 Å². The second kappa shape index (κ2) is 3.63. The third-order valence-electron chi connectivity index (χ3n) is 2.45. The summed E-state index contributed by atoms with van der Waals surface area (Å²) >= 11 is 0. The van der Waals surface area contributed by atoms with Crippen LogP contribution in [0.1, 0.15) is 17.2 Å². The van der Waals surface area contributed by atoms with Gasteiger partial charge in [0.05, 0.1) is 12.6 Å². The van der Waals surface area contributed by atoms with Gasteiger partial charge >= 0.3 is 0 Å². The van der Waals surface area contributed by atoms with Crippen LogP contribution in [0.4, 0.5) is 8.78 Å². The number of rotatable bonds is 1. The van der Waals surface area contributed by atoms with E-state index in [1.54, 1.807) is 12.1 Å². The Kier molecular flexibility index (Phi) is 2.48. The van der Waals surface area contributed by atoms with Gasteiger partial charge in [-0.15, -0.1) is 0 Å². The van der Waals surface area contributed by atoms with Gasteiger partial charge in [-0.25, -0.2) is 8.78 Å². The van der Waals surface area contributed by atoms with E-state index in [9.17, 15) is 8.78 Å². The zero-order valence-corrected chi connectivity index (χ0v) is 7.49. The van der Waals surface area contributed by atoms with Gasteiger partial charge in [0.2, 0.25) is 0 Å². The molecule has 76 valence electrons. The maximum absolute atomic E-state index is 12.5. The van der Waals surface area contributed by atoms with Crippen LogP contribution in [0.5, 0.6) is 0 Å². The quantitative estimate of drug-likeness (QED) is 0.749. The first kappa shape index (κ1) is 9.55. The van der Waals surface area contributed by atoms with Crippen molar-refractivity contribution in [3.8, 4) is 0 Å². The van der Waals surface area contributed by atoms with Crippen LogP contribution in [0.25, 0.3) is 0 Å². The van der Waals surface area contributed by atoms with Crippen LogP contribution in [0, 0.1) is 0 Å². The normalized spacial score (nSPS) is 26.3. The topological polar surface area (TPSA) is 35.2 Å². The summed E-state index contributed by atoms with van der Waals surface area (Å²) in [5, 5.41) is 0. The fourth-order valence-electron chi connectivity index (χ4n) is 1.69. The van der Waals surface area contributed by atoms with Crippen molar-refractivity contribution < 1.29 is 13.5 Å².